The van der Waals surface area contributed by atoms with Crippen molar-refractivity contribution in [2.24, 2.45) is 5.92 Å². The van der Waals surface area contributed by atoms with E-state index in [1.807, 2.05) is 37.3 Å². The minimum Gasteiger partial charge on any atom is -0.331 e. The summed E-state index contributed by atoms with van der Waals surface area (Å²) in [5, 5.41) is 3.23. The Morgan fingerprint density at radius 3 is 2.56 bits per heavy atom. The Kier molecular flexibility index (Phi) is 7.20. The molecule has 1 saturated carbocycles. The molecule has 2 aromatic rings. The van der Waals surface area contributed by atoms with E-state index in [0.717, 1.165) is 66.5 Å². The lowest BCUT2D eigenvalue weighted by Gasteiger charge is -2.35. The van der Waals surface area contributed by atoms with Crippen molar-refractivity contribution >= 4 is 17.2 Å². The van der Waals surface area contributed by atoms with E-state index < -0.39 is 12.1 Å². The van der Waals surface area contributed by atoms with Gasteiger partial charge >= 0.3 is 12.1 Å². The molecule has 4 rings (SSSR count). The van der Waals surface area contributed by atoms with E-state index in [-0.39, 0.29) is 24.4 Å². The second kappa shape index (κ2) is 9.91. The first-order chi connectivity index (χ1) is 15.3. The monoisotopic (exact) mass is 465 g/mol. The predicted molar refractivity (Wildman–Crippen MR) is 120 cm³/mol. The van der Waals surface area contributed by atoms with Crippen molar-refractivity contribution in [1.29, 1.82) is 0 Å². The van der Waals surface area contributed by atoms with Gasteiger partial charge in [0.2, 0.25) is 0 Å². The molecule has 0 bridgehead atoms. The number of halogens is 3. The molecular formula is C24H30F3N3OS. The first-order valence-corrected chi connectivity index (χ1v) is 12.3. The van der Waals surface area contributed by atoms with Gasteiger partial charge in [-0.3, -0.25) is 4.79 Å². The van der Waals surface area contributed by atoms with Gasteiger partial charge in [-0.1, -0.05) is 30.3 Å². The third-order valence-corrected chi connectivity index (χ3v) is 7.61. The van der Waals surface area contributed by atoms with Crippen molar-refractivity contribution in [3.05, 3.63) is 52.0 Å². The number of amides is 1. The fourth-order valence-electron chi connectivity index (χ4n) is 4.76. The van der Waals surface area contributed by atoms with Gasteiger partial charge in [-0.2, -0.15) is 13.2 Å². The van der Waals surface area contributed by atoms with Crippen molar-refractivity contribution in [1.82, 2.24) is 14.8 Å². The van der Waals surface area contributed by atoms with Gasteiger partial charge in [-0.15, -0.1) is 11.3 Å². The maximum Gasteiger partial charge on any atom is 0.471 e. The maximum absolute atomic E-state index is 13.3. The number of nitrogens with zero attached hydrogens (tertiary/aromatic N) is 3. The topological polar surface area (TPSA) is 36.4 Å². The lowest BCUT2D eigenvalue weighted by molar-refractivity contribution is -0.187. The van der Waals surface area contributed by atoms with Gasteiger partial charge in [-0.05, 0) is 63.7 Å². The van der Waals surface area contributed by atoms with Crippen LogP contribution in [0.25, 0.3) is 0 Å². The first-order valence-electron chi connectivity index (χ1n) is 11.4. The van der Waals surface area contributed by atoms with Crippen LogP contribution in [0.2, 0.25) is 0 Å². The molecule has 1 saturated heterocycles. The first kappa shape index (κ1) is 23.2. The van der Waals surface area contributed by atoms with Crippen molar-refractivity contribution in [3.8, 4) is 0 Å². The van der Waals surface area contributed by atoms with Crippen LogP contribution in [-0.4, -0.2) is 59.1 Å². The molecule has 1 aromatic carbocycles. The molecular weight excluding hydrogens is 435 g/mol. The van der Waals surface area contributed by atoms with E-state index in [1.165, 1.54) is 0 Å². The molecule has 2 unspecified atom stereocenters. The number of aryl methyl sites for hydroxylation is 2. The largest absolute Gasteiger partial charge is 0.471 e. The average Bonchev–Trinajstić information content (AvgIpc) is 3.46. The lowest BCUT2D eigenvalue weighted by Crippen LogP contribution is -2.47. The molecule has 4 nitrogen and oxygen atoms in total. The van der Waals surface area contributed by atoms with Crippen molar-refractivity contribution < 1.29 is 18.0 Å². The Morgan fingerprint density at radius 2 is 1.94 bits per heavy atom. The highest BCUT2D eigenvalue weighted by molar-refractivity contribution is 7.09. The standard InChI is InChI=1S/C24H30F3N3OS/c1-17-16-32-22(28-17)8-5-11-29-12-9-18(10-13-29)15-30(23(31)24(25,26)27)21-14-20(21)19-6-3-2-4-7-19/h2-4,6-7,16,18,20-21H,5,8-15H2,1H3. The molecule has 32 heavy (non-hydrogen) atoms. The fourth-order valence-corrected chi connectivity index (χ4v) is 5.58. The summed E-state index contributed by atoms with van der Waals surface area (Å²) in [6.45, 7) is 4.94. The van der Waals surface area contributed by atoms with Crippen LogP contribution in [0.1, 0.15) is 47.9 Å². The third kappa shape index (κ3) is 5.90. The maximum atomic E-state index is 13.3. The highest BCUT2D eigenvalue weighted by Gasteiger charge is 2.52. The number of carbonyl (C=O) groups excluding carboxylic acids is 1. The SMILES string of the molecule is Cc1csc(CCCN2CCC(CN(C(=O)C(F)(F)F)C3CC3c3ccccc3)CC2)n1. The zero-order valence-corrected chi connectivity index (χ0v) is 19.2. The number of carbonyl (C=O) groups is 1. The third-order valence-electron chi connectivity index (χ3n) is 6.58. The van der Waals surface area contributed by atoms with Crippen molar-refractivity contribution in [2.45, 2.75) is 57.2 Å². The van der Waals surface area contributed by atoms with Crippen molar-refractivity contribution in [2.75, 3.05) is 26.2 Å². The number of aromatic nitrogens is 1. The number of thiazole rings is 1. The summed E-state index contributed by atoms with van der Waals surface area (Å²) in [5.41, 5.74) is 2.08. The Balaban J connectivity index is 1.28. The van der Waals surface area contributed by atoms with E-state index in [9.17, 15) is 18.0 Å². The summed E-state index contributed by atoms with van der Waals surface area (Å²) in [7, 11) is 0. The van der Waals surface area contributed by atoms with Crippen LogP contribution in [-0.2, 0) is 11.2 Å². The summed E-state index contributed by atoms with van der Waals surface area (Å²) in [6.07, 6.45) is -0.535. The van der Waals surface area contributed by atoms with Crippen LogP contribution < -0.4 is 0 Å². The minimum absolute atomic E-state index is 0.0112. The molecule has 2 aliphatic rings. The number of rotatable bonds is 8. The van der Waals surface area contributed by atoms with E-state index in [4.69, 9.17) is 0 Å². The van der Waals surface area contributed by atoms with Crippen LogP contribution in [0, 0.1) is 12.8 Å². The highest BCUT2D eigenvalue weighted by Crippen LogP contribution is 2.46. The van der Waals surface area contributed by atoms with E-state index >= 15 is 0 Å². The lowest BCUT2D eigenvalue weighted by atomic mass is 9.95. The predicted octanol–water partition coefficient (Wildman–Crippen LogP) is 5.04. The van der Waals surface area contributed by atoms with Crippen LogP contribution in [0.5, 0.6) is 0 Å². The second-order valence-electron chi connectivity index (χ2n) is 9.05. The van der Waals surface area contributed by atoms with E-state index in [2.05, 4.69) is 15.3 Å². The van der Waals surface area contributed by atoms with Gasteiger partial charge in [-0.25, -0.2) is 4.98 Å². The Bertz CT molecular complexity index is 893. The smallest absolute Gasteiger partial charge is 0.331 e. The van der Waals surface area contributed by atoms with Crippen molar-refractivity contribution in [3.63, 3.8) is 0 Å². The van der Waals surface area contributed by atoms with Gasteiger partial charge in [0.25, 0.3) is 0 Å². The normalized spacial score (nSPS) is 22.1. The average molecular weight is 466 g/mol. The Labute approximate surface area is 191 Å². The Morgan fingerprint density at radius 1 is 1.22 bits per heavy atom. The minimum atomic E-state index is -4.82. The molecule has 0 N–H and O–H groups in total. The summed E-state index contributed by atoms with van der Waals surface area (Å²) < 4.78 is 39.9. The molecule has 1 aliphatic heterocycles. The van der Waals surface area contributed by atoms with Crippen LogP contribution in [0.4, 0.5) is 13.2 Å². The van der Waals surface area contributed by atoms with E-state index in [1.54, 1.807) is 11.3 Å². The summed E-state index contributed by atoms with van der Waals surface area (Å²) >= 11 is 1.70. The summed E-state index contributed by atoms with van der Waals surface area (Å²) in [6, 6.07) is 9.22. The van der Waals surface area contributed by atoms with Gasteiger partial charge in [0.1, 0.15) is 0 Å². The molecule has 2 atom stereocenters. The number of hydrogen-bond acceptors (Lipinski definition) is 4. The number of likely N-dealkylation sites (tertiary alicyclic amines) is 1. The second-order valence-corrected chi connectivity index (χ2v) is 9.99. The molecule has 2 fully saturated rings. The van der Waals surface area contributed by atoms with Crippen LogP contribution in [0.3, 0.4) is 0 Å². The molecule has 0 spiro atoms. The molecule has 1 aliphatic carbocycles. The van der Waals surface area contributed by atoms with Gasteiger partial charge in [0.05, 0.1) is 5.01 Å². The fraction of sp³-hybridized carbons (Fsp3) is 0.583. The van der Waals surface area contributed by atoms with Gasteiger partial charge in [0, 0.05) is 36.0 Å². The quantitative estimate of drug-likeness (QED) is 0.548. The summed E-state index contributed by atoms with van der Waals surface area (Å²) in [4.78, 5) is 20.2. The Hall–Kier alpha value is -1.93. The molecule has 1 amide bonds. The van der Waals surface area contributed by atoms with E-state index in [0.29, 0.717) is 6.42 Å². The summed E-state index contributed by atoms with van der Waals surface area (Å²) in [5.74, 6) is -1.55. The molecule has 1 aromatic heterocycles. The molecule has 2 heterocycles. The number of alkyl halides is 3. The zero-order chi connectivity index (χ0) is 22.7. The number of benzene rings is 1. The van der Waals surface area contributed by atoms with Crippen LogP contribution >= 0.6 is 11.3 Å². The molecule has 174 valence electrons. The zero-order valence-electron chi connectivity index (χ0n) is 18.4. The molecule has 0 radical (unpaired) electrons. The highest BCUT2D eigenvalue weighted by atomic mass is 32.1. The van der Waals surface area contributed by atoms with Gasteiger partial charge in [0.15, 0.2) is 0 Å². The molecule has 8 heteroatoms. The number of hydrogen-bond donors (Lipinski definition) is 0. The van der Waals surface area contributed by atoms with Gasteiger partial charge < -0.3 is 9.80 Å². The van der Waals surface area contributed by atoms with Crippen LogP contribution in [0.15, 0.2) is 35.7 Å². The number of piperidine rings is 1.